The monoisotopic (exact) mass is 390 g/mol. The Labute approximate surface area is 173 Å². The van der Waals surface area contributed by atoms with Crippen molar-refractivity contribution in [1.82, 2.24) is 0 Å². The molecule has 0 aromatic carbocycles. The maximum atomic E-state index is 12.8. The summed E-state index contributed by atoms with van der Waals surface area (Å²) in [5.41, 5.74) is -1.67. The standard InChI is InChI=1S/C26H46O2/c27-25(21-13-5-1-6-14-21,22-15-7-2-8-16-22)26(28,23-17-9-3-10-18-23)24-19-11-4-12-20-24/h21-24,27-28H,1-20H2. The number of rotatable bonds is 5. The van der Waals surface area contributed by atoms with Crippen molar-refractivity contribution in [2.24, 2.45) is 23.7 Å². The van der Waals surface area contributed by atoms with E-state index < -0.39 is 11.2 Å². The van der Waals surface area contributed by atoms with E-state index in [-0.39, 0.29) is 0 Å². The van der Waals surface area contributed by atoms with Gasteiger partial charge in [-0.1, -0.05) is 77.0 Å². The van der Waals surface area contributed by atoms with E-state index >= 15 is 0 Å². The topological polar surface area (TPSA) is 40.5 Å². The summed E-state index contributed by atoms with van der Waals surface area (Å²) < 4.78 is 0. The molecule has 162 valence electrons. The lowest BCUT2D eigenvalue weighted by Crippen LogP contribution is -2.70. The number of hydrogen-bond acceptors (Lipinski definition) is 2. The number of aliphatic hydroxyl groups is 2. The Bertz CT molecular complexity index is 383. The quantitative estimate of drug-likeness (QED) is 0.544. The third-order valence-corrected chi connectivity index (χ3v) is 9.55. The molecule has 0 radical (unpaired) electrons. The molecule has 0 aliphatic heterocycles. The summed E-state index contributed by atoms with van der Waals surface area (Å²) in [6.45, 7) is 0. The average molecular weight is 391 g/mol. The molecule has 0 spiro atoms. The van der Waals surface area contributed by atoms with E-state index in [4.69, 9.17) is 0 Å². The molecule has 0 amide bonds. The van der Waals surface area contributed by atoms with Crippen LogP contribution < -0.4 is 0 Å². The van der Waals surface area contributed by atoms with Crippen LogP contribution in [0.2, 0.25) is 0 Å². The maximum Gasteiger partial charge on any atom is 0.0994 e. The fourth-order valence-electron chi connectivity index (χ4n) is 8.15. The van der Waals surface area contributed by atoms with Crippen molar-refractivity contribution in [3.05, 3.63) is 0 Å². The zero-order valence-electron chi connectivity index (χ0n) is 18.3. The Morgan fingerprint density at radius 1 is 0.321 bits per heavy atom. The first kappa shape index (κ1) is 21.2. The predicted octanol–water partition coefficient (Wildman–Crippen LogP) is 6.77. The van der Waals surface area contributed by atoms with Gasteiger partial charge in [0, 0.05) is 0 Å². The van der Waals surface area contributed by atoms with Gasteiger partial charge in [0.1, 0.15) is 0 Å². The molecule has 0 heterocycles. The highest BCUT2D eigenvalue weighted by Crippen LogP contribution is 2.57. The van der Waals surface area contributed by atoms with E-state index in [1.54, 1.807) is 0 Å². The lowest BCUT2D eigenvalue weighted by atomic mass is 9.50. The molecule has 4 aliphatic rings. The molecule has 2 N–H and O–H groups in total. The molecule has 0 unspecified atom stereocenters. The second-order valence-electron chi connectivity index (χ2n) is 11.0. The van der Waals surface area contributed by atoms with Gasteiger partial charge < -0.3 is 10.2 Å². The Kier molecular flexibility index (Phi) is 7.09. The molecule has 4 aliphatic carbocycles. The first-order valence-electron chi connectivity index (χ1n) is 13.1. The predicted molar refractivity (Wildman–Crippen MR) is 116 cm³/mol. The van der Waals surface area contributed by atoms with E-state index in [2.05, 4.69) is 0 Å². The molecule has 0 bridgehead atoms. The Balaban J connectivity index is 1.74. The molecule has 0 saturated heterocycles. The van der Waals surface area contributed by atoms with Crippen LogP contribution in [-0.2, 0) is 0 Å². The largest absolute Gasteiger partial charge is 0.386 e. The van der Waals surface area contributed by atoms with Crippen LogP contribution in [0.4, 0.5) is 0 Å². The summed E-state index contributed by atoms with van der Waals surface area (Å²) >= 11 is 0. The Morgan fingerprint density at radius 2 is 0.500 bits per heavy atom. The molecule has 2 nitrogen and oxygen atoms in total. The van der Waals surface area contributed by atoms with Crippen molar-refractivity contribution in [2.75, 3.05) is 0 Å². The van der Waals surface area contributed by atoms with Crippen molar-refractivity contribution < 1.29 is 10.2 Å². The van der Waals surface area contributed by atoms with Gasteiger partial charge in [-0.15, -0.1) is 0 Å². The summed E-state index contributed by atoms with van der Waals surface area (Å²) in [7, 11) is 0. The van der Waals surface area contributed by atoms with Crippen molar-refractivity contribution >= 4 is 0 Å². The van der Waals surface area contributed by atoms with Gasteiger partial charge >= 0.3 is 0 Å². The van der Waals surface area contributed by atoms with E-state index in [0.29, 0.717) is 23.7 Å². The fourth-order valence-corrected chi connectivity index (χ4v) is 8.15. The summed E-state index contributed by atoms with van der Waals surface area (Å²) in [6, 6.07) is 0. The Morgan fingerprint density at radius 3 is 0.679 bits per heavy atom. The summed E-state index contributed by atoms with van der Waals surface area (Å²) in [4.78, 5) is 0. The maximum absolute atomic E-state index is 12.8. The van der Waals surface area contributed by atoms with Gasteiger partial charge in [0.2, 0.25) is 0 Å². The van der Waals surface area contributed by atoms with Gasteiger partial charge in [-0.2, -0.15) is 0 Å². The summed E-state index contributed by atoms with van der Waals surface area (Å²) in [5.74, 6) is 1.33. The average Bonchev–Trinajstić information content (AvgIpc) is 2.80. The summed E-state index contributed by atoms with van der Waals surface area (Å²) in [6.07, 6.45) is 24.5. The minimum absolute atomic E-state index is 0.332. The third-order valence-electron chi connectivity index (χ3n) is 9.55. The van der Waals surface area contributed by atoms with Crippen LogP contribution in [0.15, 0.2) is 0 Å². The SMILES string of the molecule is OC(C1CCCCC1)(C1CCCCC1)C(O)(C1CCCCC1)C1CCCCC1. The van der Waals surface area contributed by atoms with Crippen LogP contribution in [0.25, 0.3) is 0 Å². The van der Waals surface area contributed by atoms with Gasteiger partial charge in [0.05, 0.1) is 11.2 Å². The van der Waals surface area contributed by atoms with Crippen LogP contribution >= 0.6 is 0 Å². The first-order chi connectivity index (χ1) is 13.7. The molecule has 28 heavy (non-hydrogen) atoms. The van der Waals surface area contributed by atoms with E-state index in [1.165, 1.54) is 77.0 Å². The first-order valence-corrected chi connectivity index (χ1v) is 13.1. The van der Waals surface area contributed by atoms with E-state index in [0.717, 1.165) is 51.4 Å². The van der Waals surface area contributed by atoms with Crippen LogP contribution in [0.1, 0.15) is 128 Å². The summed E-state index contributed by atoms with van der Waals surface area (Å²) in [5, 5.41) is 25.7. The third kappa shape index (κ3) is 3.82. The molecule has 2 heteroatoms. The molecule has 4 fully saturated rings. The number of hydrogen-bond donors (Lipinski definition) is 2. The van der Waals surface area contributed by atoms with Crippen LogP contribution in [0.3, 0.4) is 0 Å². The van der Waals surface area contributed by atoms with Crippen molar-refractivity contribution in [3.63, 3.8) is 0 Å². The highest BCUT2D eigenvalue weighted by Gasteiger charge is 2.63. The molecule has 0 atom stereocenters. The fraction of sp³-hybridized carbons (Fsp3) is 1.00. The van der Waals surface area contributed by atoms with Crippen molar-refractivity contribution in [1.29, 1.82) is 0 Å². The van der Waals surface area contributed by atoms with Gasteiger partial charge in [-0.3, -0.25) is 0 Å². The Hall–Kier alpha value is -0.0800. The normalized spacial score (nSPS) is 28.5. The molecule has 0 aromatic heterocycles. The van der Waals surface area contributed by atoms with Crippen LogP contribution in [0.5, 0.6) is 0 Å². The highest BCUT2D eigenvalue weighted by molar-refractivity contribution is 5.14. The van der Waals surface area contributed by atoms with Crippen LogP contribution in [-0.4, -0.2) is 21.4 Å². The zero-order valence-corrected chi connectivity index (χ0v) is 18.3. The smallest absolute Gasteiger partial charge is 0.0994 e. The van der Waals surface area contributed by atoms with Gasteiger partial charge in [0.15, 0.2) is 0 Å². The van der Waals surface area contributed by atoms with Gasteiger partial charge in [0.25, 0.3) is 0 Å². The zero-order chi connectivity index (χ0) is 19.5. The lowest BCUT2D eigenvalue weighted by Gasteiger charge is -2.60. The lowest BCUT2D eigenvalue weighted by molar-refractivity contribution is -0.271. The molecule has 4 rings (SSSR count). The second-order valence-corrected chi connectivity index (χ2v) is 11.0. The van der Waals surface area contributed by atoms with E-state index in [9.17, 15) is 10.2 Å². The van der Waals surface area contributed by atoms with Gasteiger partial charge in [-0.05, 0) is 75.0 Å². The van der Waals surface area contributed by atoms with Gasteiger partial charge in [-0.25, -0.2) is 0 Å². The molecular formula is C26H46O2. The minimum Gasteiger partial charge on any atom is -0.386 e. The van der Waals surface area contributed by atoms with Crippen LogP contribution in [0, 0.1) is 23.7 Å². The highest BCUT2D eigenvalue weighted by atomic mass is 16.4. The van der Waals surface area contributed by atoms with Crippen molar-refractivity contribution in [3.8, 4) is 0 Å². The second kappa shape index (κ2) is 9.38. The van der Waals surface area contributed by atoms with E-state index in [1.807, 2.05) is 0 Å². The molecule has 4 saturated carbocycles. The van der Waals surface area contributed by atoms with Crippen molar-refractivity contribution in [2.45, 2.75) is 140 Å². The minimum atomic E-state index is -0.835. The molecule has 0 aromatic rings. The molecular weight excluding hydrogens is 344 g/mol.